The van der Waals surface area contributed by atoms with Gasteiger partial charge in [-0.1, -0.05) is 13.2 Å². The van der Waals surface area contributed by atoms with E-state index in [9.17, 15) is 9.59 Å². The first-order valence-electron chi connectivity index (χ1n) is 6.54. The predicted octanol–water partition coefficient (Wildman–Crippen LogP) is 2.93. The van der Waals surface area contributed by atoms with Crippen LogP contribution in [0.1, 0.15) is 46.5 Å². The Labute approximate surface area is 114 Å². The Morgan fingerprint density at radius 2 is 1.68 bits per heavy atom. The van der Waals surface area contributed by atoms with Gasteiger partial charge in [0.15, 0.2) is 6.10 Å². The van der Waals surface area contributed by atoms with Crippen molar-refractivity contribution in [3.8, 4) is 0 Å². The van der Waals surface area contributed by atoms with Gasteiger partial charge in [0.2, 0.25) is 0 Å². The largest absolute Gasteiger partial charge is 0.452 e. The van der Waals surface area contributed by atoms with Gasteiger partial charge in [-0.25, -0.2) is 9.59 Å². The van der Waals surface area contributed by atoms with E-state index in [0.717, 1.165) is 31.3 Å². The van der Waals surface area contributed by atoms with Crippen LogP contribution in [0.2, 0.25) is 0 Å². The highest BCUT2D eigenvalue weighted by molar-refractivity contribution is 5.89. The maximum absolute atomic E-state index is 12.0. The third kappa shape index (κ3) is 3.69. The minimum atomic E-state index is -0.930. The Hall–Kier alpha value is -1.58. The van der Waals surface area contributed by atoms with Gasteiger partial charge in [-0.2, -0.15) is 0 Å². The zero-order valence-corrected chi connectivity index (χ0v) is 12.0. The molecule has 0 saturated heterocycles. The molecule has 1 fully saturated rings. The molecule has 0 aliphatic heterocycles. The number of carbonyl (C=O) groups excluding carboxylic acids is 2. The summed E-state index contributed by atoms with van der Waals surface area (Å²) in [5.74, 6) is -1.11. The molecule has 0 heterocycles. The molecule has 1 aliphatic rings. The lowest BCUT2D eigenvalue weighted by molar-refractivity contribution is -0.173. The van der Waals surface area contributed by atoms with Gasteiger partial charge in [-0.15, -0.1) is 0 Å². The molecule has 0 radical (unpaired) electrons. The fourth-order valence-electron chi connectivity index (χ4n) is 2.15. The fraction of sp³-hybridized carbons (Fsp3) is 0.600. The highest BCUT2D eigenvalue weighted by atomic mass is 16.6. The average Bonchev–Trinajstić information content (AvgIpc) is 2.78. The number of hydrogen-bond acceptors (Lipinski definition) is 4. The molecule has 0 spiro atoms. The molecule has 1 saturated carbocycles. The molecule has 4 nitrogen and oxygen atoms in total. The number of esters is 2. The summed E-state index contributed by atoms with van der Waals surface area (Å²) in [6, 6.07) is 0. The normalized spacial score (nSPS) is 18.5. The number of carbonyl (C=O) groups is 2. The fourth-order valence-corrected chi connectivity index (χ4v) is 2.15. The molecule has 0 N–H and O–H groups in total. The summed E-state index contributed by atoms with van der Waals surface area (Å²) >= 11 is 0. The quantitative estimate of drug-likeness (QED) is 0.436. The second kappa shape index (κ2) is 6.04. The van der Waals surface area contributed by atoms with Gasteiger partial charge < -0.3 is 9.47 Å². The molecule has 19 heavy (non-hydrogen) atoms. The molecule has 0 aromatic carbocycles. The van der Waals surface area contributed by atoms with Crippen molar-refractivity contribution >= 4 is 11.9 Å². The molecule has 1 aliphatic carbocycles. The van der Waals surface area contributed by atoms with Gasteiger partial charge in [0.1, 0.15) is 5.60 Å². The minimum Gasteiger partial charge on any atom is -0.452 e. The van der Waals surface area contributed by atoms with E-state index in [0.29, 0.717) is 0 Å². The van der Waals surface area contributed by atoms with Crippen LogP contribution in [0.5, 0.6) is 0 Å². The average molecular weight is 266 g/mol. The van der Waals surface area contributed by atoms with E-state index in [-0.39, 0.29) is 5.57 Å². The lowest BCUT2D eigenvalue weighted by Crippen LogP contribution is -2.38. The Kier molecular flexibility index (Phi) is 4.92. The summed E-state index contributed by atoms with van der Waals surface area (Å²) in [5.41, 5.74) is 0.521. The van der Waals surface area contributed by atoms with Crippen LogP contribution in [-0.4, -0.2) is 23.6 Å². The molecule has 106 valence electrons. The summed E-state index contributed by atoms with van der Waals surface area (Å²) in [6.45, 7) is 12.3. The second-order valence-corrected chi connectivity index (χ2v) is 5.23. The molecule has 4 heteroatoms. The Morgan fingerprint density at radius 1 is 1.16 bits per heavy atom. The molecule has 1 atom stereocenters. The summed E-state index contributed by atoms with van der Waals surface area (Å²) in [4.78, 5) is 23.4. The van der Waals surface area contributed by atoms with Crippen LogP contribution in [0, 0.1) is 0 Å². The van der Waals surface area contributed by atoms with Crippen molar-refractivity contribution < 1.29 is 19.1 Å². The molecule has 0 aromatic rings. The monoisotopic (exact) mass is 266 g/mol. The van der Waals surface area contributed by atoms with Crippen molar-refractivity contribution in [1.82, 2.24) is 0 Å². The predicted molar refractivity (Wildman–Crippen MR) is 72.5 cm³/mol. The lowest BCUT2D eigenvalue weighted by Gasteiger charge is -2.30. The molecule has 0 bridgehead atoms. The molecule has 0 amide bonds. The van der Waals surface area contributed by atoms with E-state index in [1.54, 1.807) is 0 Å². The van der Waals surface area contributed by atoms with Gasteiger partial charge in [-0.05, 0) is 52.0 Å². The number of ether oxygens (including phenoxy) is 2. The summed E-state index contributed by atoms with van der Waals surface area (Å²) < 4.78 is 10.5. The van der Waals surface area contributed by atoms with Gasteiger partial charge in [0, 0.05) is 5.57 Å². The maximum Gasteiger partial charge on any atom is 0.348 e. The lowest BCUT2D eigenvalue weighted by atomic mass is 9.94. The first-order chi connectivity index (χ1) is 8.78. The van der Waals surface area contributed by atoms with Crippen LogP contribution in [-0.2, 0) is 19.1 Å². The molecule has 1 unspecified atom stereocenters. The van der Waals surface area contributed by atoms with Crippen LogP contribution in [0.15, 0.2) is 24.3 Å². The third-order valence-electron chi connectivity index (χ3n) is 3.45. The van der Waals surface area contributed by atoms with Crippen LogP contribution < -0.4 is 0 Å². The van der Waals surface area contributed by atoms with E-state index >= 15 is 0 Å². The summed E-state index contributed by atoms with van der Waals surface area (Å²) in [7, 11) is 0. The van der Waals surface area contributed by atoms with Crippen molar-refractivity contribution in [2.45, 2.75) is 58.2 Å². The molecule has 0 aromatic heterocycles. The first kappa shape index (κ1) is 15.5. The van der Waals surface area contributed by atoms with E-state index in [1.165, 1.54) is 13.8 Å². The zero-order valence-electron chi connectivity index (χ0n) is 12.0. The number of hydrogen-bond donors (Lipinski definition) is 0. The smallest absolute Gasteiger partial charge is 0.348 e. The van der Waals surface area contributed by atoms with Crippen LogP contribution >= 0.6 is 0 Å². The van der Waals surface area contributed by atoms with Gasteiger partial charge in [-0.3, -0.25) is 0 Å². The van der Waals surface area contributed by atoms with Crippen molar-refractivity contribution in [3.05, 3.63) is 24.3 Å². The zero-order chi connectivity index (χ0) is 14.6. The van der Waals surface area contributed by atoms with Crippen molar-refractivity contribution in [2.24, 2.45) is 0 Å². The molecular formula is C15H22O4. The first-order valence-corrected chi connectivity index (χ1v) is 6.54. The van der Waals surface area contributed by atoms with Gasteiger partial charge in [0.25, 0.3) is 0 Å². The van der Waals surface area contributed by atoms with E-state index in [2.05, 4.69) is 13.2 Å². The van der Waals surface area contributed by atoms with Gasteiger partial charge >= 0.3 is 11.9 Å². The van der Waals surface area contributed by atoms with E-state index in [4.69, 9.17) is 9.47 Å². The summed E-state index contributed by atoms with van der Waals surface area (Å²) in [6.07, 6.45) is 2.67. The van der Waals surface area contributed by atoms with Crippen molar-refractivity contribution in [2.75, 3.05) is 0 Å². The topological polar surface area (TPSA) is 52.6 Å². The van der Waals surface area contributed by atoms with Crippen LogP contribution in [0.3, 0.4) is 0 Å². The Morgan fingerprint density at radius 3 is 2.11 bits per heavy atom. The highest BCUT2D eigenvalue weighted by Gasteiger charge is 2.40. The Balaban J connectivity index is 2.65. The highest BCUT2D eigenvalue weighted by Crippen LogP contribution is 2.38. The minimum absolute atomic E-state index is 0.259. The summed E-state index contributed by atoms with van der Waals surface area (Å²) in [5, 5.41) is 0. The molecular weight excluding hydrogens is 244 g/mol. The maximum atomic E-state index is 12.0. The van der Waals surface area contributed by atoms with Crippen molar-refractivity contribution in [3.63, 3.8) is 0 Å². The number of rotatable bonds is 5. The van der Waals surface area contributed by atoms with Gasteiger partial charge in [0.05, 0.1) is 0 Å². The van der Waals surface area contributed by atoms with Crippen molar-refractivity contribution in [1.29, 1.82) is 0 Å². The standard InChI is InChI=1S/C15H22O4/c1-10(2)13(16)18-12(5)14(17)19-15(11(3)4)8-6-7-9-15/h12H,1,3,6-9H2,2,4-5H3. The third-order valence-corrected chi connectivity index (χ3v) is 3.45. The van der Waals surface area contributed by atoms with Crippen LogP contribution in [0.25, 0.3) is 0 Å². The molecule has 1 rings (SSSR count). The SMILES string of the molecule is C=C(C)C(=O)OC(C)C(=O)OC1(C(=C)C)CCCC1. The Bertz CT molecular complexity index is 402. The van der Waals surface area contributed by atoms with E-state index in [1.807, 2.05) is 6.92 Å². The second-order valence-electron chi connectivity index (χ2n) is 5.23. The van der Waals surface area contributed by atoms with Crippen LogP contribution in [0.4, 0.5) is 0 Å². The van der Waals surface area contributed by atoms with E-state index < -0.39 is 23.6 Å².